The molecule has 0 atom stereocenters. The van der Waals surface area contributed by atoms with Crippen molar-refractivity contribution in [2.75, 3.05) is 6.54 Å². The second kappa shape index (κ2) is 6.39. The van der Waals surface area contributed by atoms with Crippen molar-refractivity contribution in [3.63, 3.8) is 0 Å². The van der Waals surface area contributed by atoms with Gasteiger partial charge in [0, 0.05) is 19.2 Å². The van der Waals surface area contributed by atoms with Crippen LogP contribution in [0.3, 0.4) is 0 Å². The molecule has 3 rings (SSSR count). The Bertz CT molecular complexity index is 777. The topological polar surface area (TPSA) is 59.3 Å². The Balaban J connectivity index is 1.52. The zero-order valence-corrected chi connectivity index (χ0v) is 12.5. The maximum atomic E-state index is 11.9. The third kappa shape index (κ3) is 3.31. The summed E-state index contributed by atoms with van der Waals surface area (Å²) < 4.78 is 1.94. The first-order chi connectivity index (χ1) is 10.7. The van der Waals surface area contributed by atoms with Gasteiger partial charge in [-0.1, -0.05) is 35.9 Å². The van der Waals surface area contributed by atoms with E-state index in [0.29, 0.717) is 19.4 Å². The highest BCUT2D eigenvalue weighted by molar-refractivity contribution is 5.78. The number of fused-ring (bicyclic) bond motifs is 1. The Kier molecular flexibility index (Phi) is 4.14. The monoisotopic (exact) mass is 294 g/mol. The van der Waals surface area contributed by atoms with Crippen LogP contribution in [-0.2, 0) is 17.6 Å². The molecule has 3 aromatic rings. The molecule has 1 aromatic carbocycles. The summed E-state index contributed by atoms with van der Waals surface area (Å²) in [7, 11) is 0. The molecule has 22 heavy (non-hydrogen) atoms. The molecule has 1 N–H and O–H groups in total. The van der Waals surface area contributed by atoms with Gasteiger partial charge in [-0.15, -0.1) is 10.2 Å². The van der Waals surface area contributed by atoms with E-state index in [1.54, 1.807) is 0 Å². The first-order valence-electron chi connectivity index (χ1n) is 7.33. The van der Waals surface area contributed by atoms with Crippen LogP contribution in [0.15, 0.2) is 48.7 Å². The second-order valence-electron chi connectivity index (χ2n) is 5.31. The number of aromatic nitrogens is 3. The highest BCUT2D eigenvalue weighted by Gasteiger charge is 2.06. The van der Waals surface area contributed by atoms with Gasteiger partial charge in [0.2, 0.25) is 5.91 Å². The van der Waals surface area contributed by atoms with Gasteiger partial charge >= 0.3 is 0 Å². The minimum atomic E-state index is 0.0256. The average Bonchev–Trinajstić information content (AvgIpc) is 2.93. The molecule has 0 fully saturated rings. The Morgan fingerprint density at radius 1 is 1.14 bits per heavy atom. The van der Waals surface area contributed by atoms with Crippen LogP contribution in [0, 0.1) is 6.92 Å². The standard InChI is InChI=1S/C17H18N4O/c1-13-5-7-14(8-6-13)12-17(22)18-10-9-16-20-19-15-4-2-3-11-21(15)16/h2-8,11H,9-10,12H2,1H3,(H,18,22). The minimum absolute atomic E-state index is 0.0256. The van der Waals surface area contributed by atoms with Crippen LogP contribution in [-0.4, -0.2) is 27.0 Å². The highest BCUT2D eigenvalue weighted by atomic mass is 16.1. The molecular weight excluding hydrogens is 276 g/mol. The lowest BCUT2D eigenvalue weighted by Gasteiger charge is -2.05. The molecule has 1 amide bonds. The zero-order chi connectivity index (χ0) is 15.4. The molecule has 0 aliphatic rings. The van der Waals surface area contributed by atoms with E-state index in [2.05, 4.69) is 15.5 Å². The van der Waals surface area contributed by atoms with Crippen LogP contribution in [0.1, 0.15) is 17.0 Å². The van der Waals surface area contributed by atoms with Crippen molar-refractivity contribution in [1.29, 1.82) is 0 Å². The fraction of sp³-hybridized carbons (Fsp3) is 0.235. The smallest absolute Gasteiger partial charge is 0.224 e. The van der Waals surface area contributed by atoms with E-state index in [1.165, 1.54) is 5.56 Å². The van der Waals surface area contributed by atoms with Gasteiger partial charge in [0.1, 0.15) is 5.82 Å². The number of benzene rings is 1. The van der Waals surface area contributed by atoms with Crippen molar-refractivity contribution >= 4 is 11.6 Å². The van der Waals surface area contributed by atoms with E-state index in [4.69, 9.17) is 0 Å². The average molecular weight is 294 g/mol. The largest absolute Gasteiger partial charge is 0.355 e. The number of rotatable bonds is 5. The molecule has 0 saturated heterocycles. The van der Waals surface area contributed by atoms with Gasteiger partial charge in [-0.05, 0) is 24.6 Å². The molecule has 0 bridgehead atoms. The summed E-state index contributed by atoms with van der Waals surface area (Å²) in [6.07, 6.45) is 2.99. The Morgan fingerprint density at radius 2 is 1.95 bits per heavy atom. The summed E-state index contributed by atoms with van der Waals surface area (Å²) in [5, 5.41) is 11.2. The maximum absolute atomic E-state index is 11.9. The third-order valence-corrected chi connectivity index (χ3v) is 3.54. The van der Waals surface area contributed by atoms with Crippen molar-refractivity contribution in [3.05, 3.63) is 65.6 Å². The van der Waals surface area contributed by atoms with Gasteiger partial charge in [-0.3, -0.25) is 9.20 Å². The van der Waals surface area contributed by atoms with Crippen LogP contribution < -0.4 is 5.32 Å². The fourth-order valence-electron chi connectivity index (χ4n) is 2.33. The van der Waals surface area contributed by atoms with E-state index < -0.39 is 0 Å². The van der Waals surface area contributed by atoms with Crippen molar-refractivity contribution in [1.82, 2.24) is 19.9 Å². The summed E-state index contributed by atoms with van der Waals surface area (Å²) in [6, 6.07) is 13.8. The number of nitrogens with zero attached hydrogens (tertiary/aromatic N) is 3. The number of carbonyl (C=O) groups is 1. The van der Waals surface area contributed by atoms with Gasteiger partial charge in [-0.2, -0.15) is 0 Å². The van der Waals surface area contributed by atoms with E-state index >= 15 is 0 Å². The SMILES string of the molecule is Cc1ccc(CC(=O)NCCc2nnc3ccccn23)cc1. The molecule has 0 unspecified atom stereocenters. The number of hydrogen-bond acceptors (Lipinski definition) is 3. The van der Waals surface area contributed by atoms with E-state index in [0.717, 1.165) is 17.0 Å². The molecule has 0 radical (unpaired) electrons. The first kappa shape index (κ1) is 14.3. The zero-order valence-electron chi connectivity index (χ0n) is 12.5. The summed E-state index contributed by atoms with van der Waals surface area (Å²) in [6.45, 7) is 2.59. The van der Waals surface area contributed by atoms with E-state index in [1.807, 2.05) is 60.0 Å². The van der Waals surface area contributed by atoms with Crippen LogP contribution in [0.5, 0.6) is 0 Å². The number of pyridine rings is 1. The van der Waals surface area contributed by atoms with Crippen molar-refractivity contribution < 1.29 is 4.79 Å². The molecule has 0 aliphatic carbocycles. The predicted molar refractivity (Wildman–Crippen MR) is 84.6 cm³/mol. The summed E-state index contributed by atoms with van der Waals surface area (Å²) in [5.74, 6) is 0.879. The number of aryl methyl sites for hydroxylation is 1. The van der Waals surface area contributed by atoms with Crippen molar-refractivity contribution in [2.45, 2.75) is 19.8 Å². The first-order valence-corrected chi connectivity index (χ1v) is 7.33. The number of amides is 1. The summed E-state index contributed by atoms with van der Waals surface area (Å²) in [4.78, 5) is 11.9. The summed E-state index contributed by atoms with van der Waals surface area (Å²) >= 11 is 0. The molecule has 0 spiro atoms. The Hall–Kier alpha value is -2.69. The van der Waals surface area contributed by atoms with Crippen LogP contribution in [0.25, 0.3) is 5.65 Å². The molecule has 2 aromatic heterocycles. The normalized spacial score (nSPS) is 10.8. The minimum Gasteiger partial charge on any atom is -0.355 e. The molecule has 112 valence electrons. The predicted octanol–water partition coefficient (Wildman–Crippen LogP) is 1.94. The summed E-state index contributed by atoms with van der Waals surface area (Å²) in [5.41, 5.74) is 3.04. The van der Waals surface area contributed by atoms with Gasteiger partial charge in [-0.25, -0.2) is 0 Å². The van der Waals surface area contributed by atoms with Gasteiger partial charge in [0.25, 0.3) is 0 Å². The Morgan fingerprint density at radius 3 is 2.77 bits per heavy atom. The Labute approximate surface area is 129 Å². The van der Waals surface area contributed by atoms with Crippen LogP contribution >= 0.6 is 0 Å². The fourth-order valence-corrected chi connectivity index (χ4v) is 2.33. The van der Waals surface area contributed by atoms with Gasteiger partial charge in [0.05, 0.1) is 6.42 Å². The van der Waals surface area contributed by atoms with Gasteiger partial charge in [0.15, 0.2) is 5.65 Å². The van der Waals surface area contributed by atoms with E-state index in [9.17, 15) is 4.79 Å². The molecule has 2 heterocycles. The lowest BCUT2D eigenvalue weighted by Crippen LogP contribution is -2.27. The third-order valence-electron chi connectivity index (χ3n) is 3.54. The highest BCUT2D eigenvalue weighted by Crippen LogP contribution is 2.05. The van der Waals surface area contributed by atoms with Crippen LogP contribution in [0.2, 0.25) is 0 Å². The van der Waals surface area contributed by atoms with Crippen LogP contribution in [0.4, 0.5) is 0 Å². The quantitative estimate of drug-likeness (QED) is 0.782. The molecule has 5 heteroatoms. The number of hydrogen-bond donors (Lipinski definition) is 1. The molecule has 5 nitrogen and oxygen atoms in total. The lowest BCUT2D eigenvalue weighted by atomic mass is 10.1. The molecule has 0 aliphatic heterocycles. The van der Waals surface area contributed by atoms with Crippen molar-refractivity contribution in [2.24, 2.45) is 0 Å². The van der Waals surface area contributed by atoms with Gasteiger partial charge < -0.3 is 5.32 Å². The van der Waals surface area contributed by atoms with E-state index in [-0.39, 0.29) is 5.91 Å². The van der Waals surface area contributed by atoms with Crippen molar-refractivity contribution in [3.8, 4) is 0 Å². The number of carbonyl (C=O) groups excluding carboxylic acids is 1. The molecular formula is C17H18N4O. The molecule has 0 saturated carbocycles. The maximum Gasteiger partial charge on any atom is 0.224 e. The lowest BCUT2D eigenvalue weighted by molar-refractivity contribution is -0.120. The number of nitrogens with one attached hydrogen (secondary N) is 1. The second-order valence-corrected chi connectivity index (χ2v) is 5.31.